The quantitative estimate of drug-likeness (QED) is 0.537. The molecule has 0 spiro atoms. The highest BCUT2D eigenvalue weighted by Gasteiger charge is 2.15. The zero-order valence-electron chi connectivity index (χ0n) is 13.0. The number of aliphatic hydroxyl groups is 1. The van der Waals surface area contributed by atoms with Crippen LogP contribution < -0.4 is 0 Å². The number of benzene rings is 1. The highest BCUT2D eigenvalue weighted by Crippen LogP contribution is 2.15. The molecule has 0 aromatic heterocycles. The van der Waals surface area contributed by atoms with Crippen LogP contribution in [0.15, 0.2) is 42.0 Å². The number of aliphatic hydroxyl groups excluding tert-OH is 1. The molecule has 0 unspecified atom stereocenters. The Bertz CT molecular complexity index is 384. The summed E-state index contributed by atoms with van der Waals surface area (Å²) in [6.07, 6.45) is 5.18. The summed E-state index contributed by atoms with van der Waals surface area (Å²) in [5, 5.41) is 10.2. The van der Waals surface area contributed by atoms with Gasteiger partial charge in [-0.05, 0) is 24.5 Å². The van der Waals surface area contributed by atoms with Crippen LogP contribution >= 0.6 is 0 Å². The van der Waals surface area contributed by atoms with Crippen LogP contribution in [-0.2, 0) is 11.3 Å². The predicted molar refractivity (Wildman–Crippen MR) is 84.6 cm³/mol. The van der Waals surface area contributed by atoms with E-state index in [1.807, 2.05) is 32.0 Å². The highest BCUT2D eigenvalue weighted by atomic mass is 16.5. The van der Waals surface area contributed by atoms with Crippen molar-refractivity contribution in [2.24, 2.45) is 5.92 Å². The molecule has 0 aliphatic carbocycles. The van der Waals surface area contributed by atoms with Crippen LogP contribution in [0.25, 0.3) is 0 Å². The van der Waals surface area contributed by atoms with Crippen molar-refractivity contribution >= 4 is 0 Å². The molecule has 0 fully saturated rings. The average molecular weight is 276 g/mol. The first-order valence-electron chi connectivity index (χ1n) is 7.61. The fourth-order valence-electron chi connectivity index (χ4n) is 2.13. The minimum atomic E-state index is -0.400. The maximum Gasteiger partial charge on any atom is 0.0794 e. The van der Waals surface area contributed by atoms with Crippen LogP contribution in [0, 0.1) is 5.92 Å². The lowest BCUT2D eigenvalue weighted by molar-refractivity contribution is 0.0430. The van der Waals surface area contributed by atoms with Crippen molar-refractivity contribution in [3.05, 3.63) is 47.5 Å². The van der Waals surface area contributed by atoms with E-state index in [1.165, 1.54) is 18.4 Å². The van der Waals surface area contributed by atoms with Gasteiger partial charge in [0.1, 0.15) is 0 Å². The number of allylic oxidation sites excluding steroid dienone is 1. The summed E-state index contributed by atoms with van der Waals surface area (Å²) < 4.78 is 5.69. The van der Waals surface area contributed by atoms with Crippen LogP contribution in [0.3, 0.4) is 0 Å². The molecule has 0 aliphatic rings. The van der Waals surface area contributed by atoms with Crippen LogP contribution in [0.2, 0.25) is 0 Å². The molecule has 0 saturated heterocycles. The van der Waals surface area contributed by atoms with Gasteiger partial charge in [-0.2, -0.15) is 0 Å². The molecule has 0 aliphatic heterocycles. The topological polar surface area (TPSA) is 29.5 Å². The van der Waals surface area contributed by atoms with Crippen molar-refractivity contribution in [2.75, 3.05) is 6.61 Å². The molecule has 1 aromatic carbocycles. The molecule has 112 valence electrons. The van der Waals surface area contributed by atoms with Crippen molar-refractivity contribution in [2.45, 2.75) is 52.7 Å². The van der Waals surface area contributed by atoms with Gasteiger partial charge in [0.15, 0.2) is 0 Å². The number of rotatable bonds is 9. The van der Waals surface area contributed by atoms with Crippen LogP contribution in [0.5, 0.6) is 0 Å². The fraction of sp³-hybridized carbons (Fsp3) is 0.556. The van der Waals surface area contributed by atoms with Gasteiger partial charge in [-0.25, -0.2) is 0 Å². The summed E-state index contributed by atoms with van der Waals surface area (Å²) in [5.41, 5.74) is 2.23. The molecule has 2 atom stereocenters. The van der Waals surface area contributed by atoms with Crippen LogP contribution in [0.1, 0.15) is 45.6 Å². The lowest BCUT2D eigenvalue weighted by Crippen LogP contribution is -2.23. The molecule has 2 heteroatoms. The van der Waals surface area contributed by atoms with Crippen molar-refractivity contribution < 1.29 is 9.84 Å². The minimum absolute atomic E-state index is 0.122. The predicted octanol–water partition coefficient (Wildman–Crippen LogP) is 4.34. The Morgan fingerprint density at radius 3 is 2.65 bits per heavy atom. The van der Waals surface area contributed by atoms with Crippen molar-refractivity contribution in [3.8, 4) is 0 Å². The van der Waals surface area contributed by atoms with E-state index in [2.05, 4.69) is 25.1 Å². The van der Waals surface area contributed by atoms with Crippen molar-refractivity contribution in [1.29, 1.82) is 0 Å². The van der Waals surface area contributed by atoms with Crippen LogP contribution in [-0.4, -0.2) is 17.8 Å². The van der Waals surface area contributed by atoms with E-state index >= 15 is 0 Å². The van der Waals surface area contributed by atoms with Gasteiger partial charge in [-0.15, -0.1) is 0 Å². The smallest absolute Gasteiger partial charge is 0.0794 e. The van der Waals surface area contributed by atoms with Crippen molar-refractivity contribution in [3.63, 3.8) is 0 Å². The van der Waals surface area contributed by atoms with Gasteiger partial charge >= 0.3 is 0 Å². The minimum Gasteiger partial charge on any atom is -0.388 e. The first-order valence-corrected chi connectivity index (χ1v) is 7.61. The van der Waals surface area contributed by atoms with E-state index in [0.717, 1.165) is 12.0 Å². The van der Waals surface area contributed by atoms with Crippen LogP contribution in [0.4, 0.5) is 0 Å². The van der Waals surface area contributed by atoms with E-state index in [-0.39, 0.29) is 5.92 Å². The van der Waals surface area contributed by atoms with Gasteiger partial charge in [0.05, 0.1) is 19.3 Å². The van der Waals surface area contributed by atoms with E-state index in [4.69, 9.17) is 4.74 Å². The first-order chi connectivity index (χ1) is 9.65. The third kappa shape index (κ3) is 6.36. The SMILES string of the molecule is CCCC/C=C(/C)[C@@H](O)[C@@H](C)COCc1ccccc1. The second kappa shape index (κ2) is 9.73. The van der Waals surface area contributed by atoms with Gasteiger partial charge in [-0.1, -0.05) is 63.1 Å². The maximum absolute atomic E-state index is 10.2. The maximum atomic E-state index is 10.2. The average Bonchev–Trinajstić information content (AvgIpc) is 2.47. The molecular weight excluding hydrogens is 248 g/mol. The zero-order chi connectivity index (χ0) is 14.8. The fourth-order valence-corrected chi connectivity index (χ4v) is 2.13. The third-order valence-electron chi connectivity index (χ3n) is 3.52. The Morgan fingerprint density at radius 2 is 2.00 bits per heavy atom. The van der Waals surface area contributed by atoms with E-state index in [9.17, 15) is 5.11 Å². The Morgan fingerprint density at radius 1 is 1.30 bits per heavy atom. The molecule has 0 amide bonds. The lowest BCUT2D eigenvalue weighted by atomic mass is 9.98. The molecule has 0 heterocycles. The van der Waals surface area contributed by atoms with E-state index in [1.54, 1.807) is 0 Å². The van der Waals surface area contributed by atoms with Gasteiger partial charge < -0.3 is 9.84 Å². The number of ether oxygens (including phenoxy) is 1. The molecule has 0 radical (unpaired) electrons. The lowest BCUT2D eigenvalue weighted by Gasteiger charge is -2.20. The van der Waals surface area contributed by atoms with Gasteiger partial charge in [0.2, 0.25) is 0 Å². The normalized spacial score (nSPS) is 15.1. The number of hydrogen-bond acceptors (Lipinski definition) is 2. The number of hydrogen-bond donors (Lipinski definition) is 1. The molecule has 20 heavy (non-hydrogen) atoms. The van der Waals surface area contributed by atoms with Gasteiger partial charge in [0.25, 0.3) is 0 Å². The Kier molecular flexibility index (Phi) is 8.24. The van der Waals surface area contributed by atoms with E-state index < -0.39 is 6.10 Å². The monoisotopic (exact) mass is 276 g/mol. The Hall–Kier alpha value is -1.12. The molecule has 1 aromatic rings. The number of unbranched alkanes of at least 4 members (excludes halogenated alkanes) is 2. The van der Waals surface area contributed by atoms with Crippen molar-refractivity contribution in [1.82, 2.24) is 0 Å². The molecule has 0 bridgehead atoms. The second-order valence-corrected chi connectivity index (χ2v) is 5.51. The molecular formula is C18H28O2. The molecule has 1 rings (SSSR count). The van der Waals surface area contributed by atoms with Gasteiger partial charge in [0, 0.05) is 5.92 Å². The highest BCUT2D eigenvalue weighted by molar-refractivity contribution is 5.13. The standard InChI is InChI=1S/C18H28O2/c1-4-5-7-10-15(2)18(19)16(3)13-20-14-17-11-8-6-9-12-17/h6,8-12,16,18-19H,4-5,7,13-14H2,1-3H3/b15-10-/t16-,18+/m0/s1. The summed E-state index contributed by atoms with van der Waals surface area (Å²) >= 11 is 0. The Balaban J connectivity index is 2.30. The molecule has 2 nitrogen and oxygen atoms in total. The summed E-state index contributed by atoms with van der Waals surface area (Å²) in [7, 11) is 0. The Labute approximate surface area is 123 Å². The summed E-state index contributed by atoms with van der Waals surface area (Å²) in [5.74, 6) is 0.122. The largest absolute Gasteiger partial charge is 0.388 e. The summed E-state index contributed by atoms with van der Waals surface area (Å²) in [4.78, 5) is 0. The summed E-state index contributed by atoms with van der Waals surface area (Å²) in [6, 6.07) is 10.1. The zero-order valence-corrected chi connectivity index (χ0v) is 13.0. The second-order valence-electron chi connectivity index (χ2n) is 5.51. The molecule has 1 N–H and O–H groups in total. The first kappa shape index (κ1) is 16.9. The molecule has 0 saturated carbocycles. The van der Waals surface area contributed by atoms with E-state index in [0.29, 0.717) is 13.2 Å². The third-order valence-corrected chi connectivity index (χ3v) is 3.52. The summed E-state index contributed by atoms with van der Waals surface area (Å²) in [6.45, 7) is 7.41. The van der Waals surface area contributed by atoms with Gasteiger partial charge in [-0.3, -0.25) is 0 Å².